The number of aliphatic hydroxyl groups excluding tert-OH is 1. The number of carbonyl (C=O) groups is 4. The van der Waals surface area contributed by atoms with Crippen LogP contribution in [-0.4, -0.2) is 200 Å². The Morgan fingerprint density at radius 1 is 0.839 bits per heavy atom. The lowest BCUT2D eigenvalue weighted by molar-refractivity contribution is -0.144. The summed E-state index contributed by atoms with van der Waals surface area (Å²) < 4.78 is 51.4. The van der Waals surface area contributed by atoms with Gasteiger partial charge in [-0.2, -0.15) is 9.97 Å². The number of aromatic hydroxyl groups is 1. The third-order valence-corrected chi connectivity index (χ3v) is 16.2. The average molecular weight is 1240 g/mol. The van der Waals surface area contributed by atoms with Gasteiger partial charge >= 0.3 is 12.1 Å². The molecule has 0 bridgehead atoms. The van der Waals surface area contributed by atoms with Crippen LogP contribution in [0.25, 0.3) is 43.2 Å². The Balaban J connectivity index is 0.725. The van der Waals surface area contributed by atoms with E-state index in [2.05, 4.69) is 20.6 Å². The summed E-state index contributed by atoms with van der Waals surface area (Å²) in [6.45, 7) is 19.1. The SMILES string of the molecule is Cc1ncsc1-c1ccc(C(C)NC(=O)[C@@H]2C[C@@H](O)CN2C(=O)C(NC(=O)COCCOCCOCCOCCN(C)CCOc2nc(N3CCN(C(=O)OC(C)(C)C)CC3)c3cc(Cl)c(-c4cc(O)cc5ccccc45)c(F)c3n2)C(C)(C)C)cc1. The van der Waals surface area contributed by atoms with Gasteiger partial charge in [-0.05, 0) is 92.7 Å². The van der Waals surface area contributed by atoms with Crippen LogP contribution in [0.1, 0.15) is 72.2 Å². The fourth-order valence-electron chi connectivity index (χ4n) is 10.3. The summed E-state index contributed by atoms with van der Waals surface area (Å²) >= 11 is 8.49. The van der Waals surface area contributed by atoms with Crippen LogP contribution in [0.4, 0.5) is 15.0 Å². The van der Waals surface area contributed by atoms with E-state index in [1.54, 1.807) is 28.4 Å². The molecule has 24 heteroatoms. The first-order valence-corrected chi connectivity index (χ1v) is 30.6. The Morgan fingerprint density at radius 2 is 1.49 bits per heavy atom. The molecule has 2 aliphatic heterocycles. The number of nitrogens with one attached hydrogen (secondary N) is 2. The van der Waals surface area contributed by atoms with Gasteiger partial charge in [0.15, 0.2) is 5.82 Å². The molecular formula is C63H81ClFN9O12S. The molecule has 2 fully saturated rings. The Bertz CT molecular complexity index is 3340. The van der Waals surface area contributed by atoms with Crippen LogP contribution in [0.2, 0.25) is 5.02 Å². The number of aryl methyl sites for hydroxylation is 1. The molecule has 8 rings (SSSR count). The van der Waals surface area contributed by atoms with E-state index in [4.69, 9.17) is 45.0 Å². The number of ether oxygens (including phenoxy) is 6. The molecule has 0 radical (unpaired) electrons. The van der Waals surface area contributed by atoms with Gasteiger partial charge in [0.25, 0.3) is 0 Å². The van der Waals surface area contributed by atoms with E-state index in [9.17, 15) is 29.4 Å². The summed E-state index contributed by atoms with van der Waals surface area (Å²) in [4.78, 5) is 75.5. The Morgan fingerprint density at radius 3 is 2.15 bits per heavy atom. The number of rotatable bonds is 26. The number of piperazine rings is 1. The normalized spacial score (nSPS) is 16.4. The number of phenolic OH excluding ortho intramolecular Hbond substituents is 1. The van der Waals surface area contributed by atoms with E-state index < -0.39 is 52.9 Å². The second-order valence-corrected chi connectivity index (χ2v) is 25.1. The number of phenols is 1. The number of thiazole rings is 1. The Labute approximate surface area is 516 Å². The average Bonchev–Trinajstić information content (AvgIpc) is 1.80. The molecule has 2 aliphatic rings. The molecule has 470 valence electrons. The quantitative estimate of drug-likeness (QED) is 0.0374. The summed E-state index contributed by atoms with van der Waals surface area (Å²) in [6.07, 6.45) is -1.24. The van der Waals surface area contributed by atoms with Crippen LogP contribution in [0.5, 0.6) is 11.8 Å². The standard InChI is InChI=1S/C63H81ClFN9O12S/c1-39(41-14-16-42(17-15-41)55-40(2)66-38-87-55)67-58(78)50-34-45(76)36-74(50)59(79)56(62(3,4)5)68-51(77)37-84-31-30-83-29-28-82-27-26-81-24-22-71(9)23-25-85-60-69-54-48(57(70-60)72-18-20-73(21-19-72)61(80)86-63(6,7)8)35-49(64)52(53(54)65)47-33-44(75)32-43-12-10-11-13-46(43)47/h10-17,32-33,35,38-39,45,50,56,75-76H,18-31,34,36-37H2,1-9H3,(H,67,78)(H,68,77)/t39?,45-,50+,56?/m1/s1. The number of likely N-dealkylation sites (tertiary alicyclic amines) is 1. The zero-order valence-corrected chi connectivity index (χ0v) is 52.6. The summed E-state index contributed by atoms with van der Waals surface area (Å²) in [7, 11) is 1.92. The summed E-state index contributed by atoms with van der Waals surface area (Å²) in [5.74, 6) is -1.69. The number of hydrogen-bond acceptors (Lipinski definition) is 18. The molecule has 0 saturated carbocycles. The molecule has 4 atom stereocenters. The number of nitrogens with zero attached hydrogens (tertiary/aromatic N) is 7. The van der Waals surface area contributed by atoms with Gasteiger partial charge in [-0.3, -0.25) is 14.4 Å². The third kappa shape index (κ3) is 17.7. The van der Waals surface area contributed by atoms with Crippen LogP contribution in [-0.2, 0) is 38.1 Å². The number of likely N-dealkylation sites (N-methyl/N-ethyl adjacent to an activating group) is 1. The van der Waals surface area contributed by atoms with Crippen molar-refractivity contribution in [2.75, 3.05) is 117 Å². The predicted molar refractivity (Wildman–Crippen MR) is 332 cm³/mol. The van der Waals surface area contributed by atoms with Crippen LogP contribution >= 0.6 is 22.9 Å². The number of carbonyl (C=O) groups excluding carboxylic acids is 4. The predicted octanol–water partition coefficient (Wildman–Crippen LogP) is 8.18. The maximum atomic E-state index is 17.1. The van der Waals surface area contributed by atoms with Crippen LogP contribution in [0, 0.1) is 18.2 Å². The van der Waals surface area contributed by atoms with Crippen molar-refractivity contribution in [1.29, 1.82) is 0 Å². The van der Waals surface area contributed by atoms with Crippen molar-refractivity contribution in [1.82, 2.24) is 40.3 Å². The van der Waals surface area contributed by atoms with Gasteiger partial charge in [0.05, 0.1) is 79.5 Å². The van der Waals surface area contributed by atoms with Crippen LogP contribution in [0.15, 0.2) is 72.2 Å². The highest BCUT2D eigenvalue weighted by molar-refractivity contribution is 7.13. The fourth-order valence-corrected chi connectivity index (χ4v) is 11.4. The highest BCUT2D eigenvalue weighted by atomic mass is 35.5. The minimum Gasteiger partial charge on any atom is -0.508 e. The lowest BCUT2D eigenvalue weighted by Gasteiger charge is -2.36. The minimum atomic E-state index is -0.998. The van der Waals surface area contributed by atoms with E-state index in [1.165, 1.54) is 11.0 Å². The summed E-state index contributed by atoms with van der Waals surface area (Å²) in [6, 6.07) is 17.6. The van der Waals surface area contributed by atoms with Gasteiger partial charge in [-0.15, -0.1) is 11.3 Å². The van der Waals surface area contributed by atoms with Gasteiger partial charge in [0.2, 0.25) is 17.7 Å². The Kier molecular flexibility index (Phi) is 22.7. The molecule has 0 spiro atoms. The first-order chi connectivity index (χ1) is 41.4. The van der Waals surface area contributed by atoms with E-state index in [1.807, 2.05) is 126 Å². The third-order valence-electron chi connectivity index (χ3n) is 14.9. The molecule has 21 nitrogen and oxygen atoms in total. The maximum Gasteiger partial charge on any atom is 0.410 e. The van der Waals surface area contributed by atoms with Crippen molar-refractivity contribution < 1.29 is 62.2 Å². The van der Waals surface area contributed by atoms with Crippen LogP contribution < -0.4 is 20.3 Å². The number of hydrogen-bond donors (Lipinski definition) is 4. The highest BCUT2D eigenvalue weighted by Crippen LogP contribution is 2.43. The second kappa shape index (κ2) is 29.9. The number of amides is 4. The van der Waals surface area contributed by atoms with Gasteiger partial charge < -0.3 is 68.9 Å². The van der Waals surface area contributed by atoms with Crippen molar-refractivity contribution in [3.8, 4) is 33.3 Å². The van der Waals surface area contributed by atoms with Crippen molar-refractivity contribution in [3.05, 3.63) is 94.3 Å². The second-order valence-electron chi connectivity index (χ2n) is 23.9. The molecule has 2 unspecified atom stereocenters. The maximum absolute atomic E-state index is 17.1. The lowest BCUT2D eigenvalue weighted by Crippen LogP contribution is -2.58. The molecule has 0 aliphatic carbocycles. The minimum absolute atomic E-state index is 0.00623. The molecule has 4 heterocycles. The largest absolute Gasteiger partial charge is 0.508 e. The number of benzene rings is 4. The smallest absolute Gasteiger partial charge is 0.410 e. The summed E-state index contributed by atoms with van der Waals surface area (Å²) in [5, 5.41) is 29.0. The highest BCUT2D eigenvalue weighted by Gasteiger charge is 2.45. The van der Waals surface area contributed by atoms with E-state index in [0.29, 0.717) is 93.2 Å². The van der Waals surface area contributed by atoms with Gasteiger partial charge in [-0.25, -0.2) is 14.2 Å². The van der Waals surface area contributed by atoms with E-state index in [-0.39, 0.29) is 85.8 Å². The van der Waals surface area contributed by atoms with Crippen molar-refractivity contribution in [2.24, 2.45) is 5.41 Å². The van der Waals surface area contributed by atoms with Crippen molar-refractivity contribution >= 4 is 74.2 Å². The van der Waals surface area contributed by atoms with Crippen LogP contribution in [0.3, 0.4) is 0 Å². The molecule has 4 N–H and O–H groups in total. The molecule has 4 aromatic carbocycles. The molecule has 6 aromatic rings. The summed E-state index contributed by atoms with van der Waals surface area (Å²) in [5.41, 5.74) is 3.78. The molecule has 2 aromatic heterocycles. The Hall–Kier alpha value is -6.83. The van der Waals surface area contributed by atoms with E-state index >= 15 is 4.39 Å². The monoisotopic (exact) mass is 1240 g/mol. The fraction of sp³-hybridized carbons (Fsp3) is 0.508. The molecule has 87 heavy (non-hydrogen) atoms. The van der Waals surface area contributed by atoms with E-state index in [0.717, 1.165) is 21.7 Å². The topological polar surface area (TPSA) is 240 Å². The molecule has 2 saturated heterocycles. The van der Waals surface area contributed by atoms with Gasteiger partial charge in [0, 0.05) is 63.2 Å². The number of anilines is 1. The number of halogens is 2. The zero-order chi connectivity index (χ0) is 62.6. The first kappa shape index (κ1) is 66.1. The molecular weight excluding hydrogens is 1160 g/mol. The number of aromatic nitrogens is 3. The van der Waals surface area contributed by atoms with Gasteiger partial charge in [0.1, 0.15) is 48.0 Å². The molecule has 4 amide bonds. The number of aliphatic hydroxyl groups is 1. The number of β-amino-alcohol motifs (C(OH)–C–C–N with tert-alkyl or cyclic N) is 1. The first-order valence-electron chi connectivity index (χ1n) is 29.3. The zero-order valence-electron chi connectivity index (χ0n) is 51.0. The van der Waals surface area contributed by atoms with Gasteiger partial charge in [-0.1, -0.05) is 80.9 Å². The number of fused-ring (bicyclic) bond motifs is 2. The van der Waals surface area contributed by atoms with Crippen molar-refractivity contribution in [2.45, 2.75) is 91.6 Å². The van der Waals surface area contributed by atoms with Crippen molar-refractivity contribution in [3.63, 3.8) is 0 Å². The lowest BCUT2D eigenvalue weighted by atomic mass is 9.85.